The highest BCUT2D eigenvalue weighted by atomic mass is 35.5. The van der Waals surface area contributed by atoms with Gasteiger partial charge in [-0.15, -0.1) is 6.58 Å². The molecule has 0 aliphatic carbocycles. The van der Waals surface area contributed by atoms with Gasteiger partial charge in [-0.25, -0.2) is 0 Å². The minimum Gasteiger partial charge on any atom is -0.481 e. The second-order valence-corrected chi connectivity index (χ2v) is 13.8. The molecule has 9 heteroatoms. The molecule has 1 N–H and O–H groups in total. The molecule has 55 heavy (non-hydrogen) atoms. The summed E-state index contributed by atoms with van der Waals surface area (Å²) in [5.41, 5.74) is 5.84. The number of rotatable bonds is 20. The Bertz CT molecular complexity index is 1910. The van der Waals surface area contributed by atoms with Crippen LogP contribution in [0.1, 0.15) is 45.0 Å². The highest BCUT2D eigenvalue weighted by Crippen LogP contribution is 2.41. The molecule has 0 amide bonds. The first kappa shape index (κ1) is 40.0. The van der Waals surface area contributed by atoms with E-state index in [4.69, 9.17) is 40.0 Å². The van der Waals surface area contributed by atoms with Gasteiger partial charge in [0.2, 0.25) is 0 Å². The van der Waals surface area contributed by atoms with Gasteiger partial charge in [0.25, 0.3) is 0 Å². The number of carboxylic acids is 1. The number of carbonyl (C=O) groups is 1. The second kappa shape index (κ2) is 20.9. The fraction of sp³-hybridized carbons (Fsp3) is 0.283. The van der Waals surface area contributed by atoms with Gasteiger partial charge in [-0.2, -0.15) is 0 Å². The van der Waals surface area contributed by atoms with Crippen LogP contribution in [0.2, 0.25) is 5.02 Å². The van der Waals surface area contributed by atoms with E-state index in [9.17, 15) is 9.90 Å². The first-order chi connectivity index (χ1) is 27.0. The number of hydrogen-bond donors (Lipinski definition) is 1. The SMILES string of the molecule is C=CCOCc1cc(Cl)c(CC(=O)O)cc1[C@@H]1O[C@H](COCc2ccccc2)[C@@H](OCc2ccccc2)[C@H](OCc2ccccc2)[C@H]1OCc1ccccc1. The Labute approximate surface area is 328 Å². The second-order valence-electron chi connectivity index (χ2n) is 13.4. The van der Waals surface area contributed by atoms with E-state index in [0.29, 0.717) is 36.0 Å². The zero-order valence-corrected chi connectivity index (χ0v) is 31.5. The van der Waals surface area contributed by atoms with Crippen molar-refractivity contribution in [1.82, 2.24) is 0 Å². The van der Waals surface area contributed by atoms with E-state index in [1.54, 1.807) is 18.2 Å². The highest BCUT2D eigenvalue weighted by molar-refractivity contribution is 6.31. The fourth-order valence-corrected chi connectivity index (χ4v) is 6.91. The van der Waals surface area contributed by atoms with Crippen molar-refractivity contribution in [1.29, 1.82) is 0 Å². The van der Waals surface area contributed by atoms with Crippen LogP contribution in [0.15, 0.2) is 146 Å². The van der Waals surface area contributed by atoms with Gasteiger partial charge in [0.05, 0.1) is 52.7 Å². The Morgan fingerprint density at radius 1 is 0.636 bits per heavy atom. The molecule has 286 valence electrons. The van der Waals surface area contributed by atoms with Crippen molar-refractivity contribution in [3.05, 3.63) is 190 Å². The molecule has 0 saturated carbocycles. The third kappa shape index (κ3) is 11.7. The van der Waals surface area contributed by atoms with Gasteiger partial charge < -0.3 is 33.5 Å². The monoisotopic (exact) mass is 762 g/mol. The number of hydrogen-bond acceptors (Lipinski definition) is 7. The largest absolute Gasteiger partial charge is 0.481 e. The zero-order valence-electron chi connectivity index (χ0n) is 30.7. The standard InChI is InChI=1S/C46H47ClO8/c1-2-23-50-31-38-25-40(47)37(26-42(48)49)24-39(38)43-45(53-29-35-19-11-5-12-20-35)46(54-30-36-21-13-6-14-22-36)44(52-28-34-17-9-4-10-18-34)41(55-43)32-51-27-33-15-7-3-8-16-33/h2-22,24-25,41,43-46H,1,23,26-32H2,(H,48,49)/t41-,43+,44-,45+,46+/m1/s1. The molecular formula is C46H47ClO8. The summed E-state index contributed by atoms with van der Waals surface area (Å²) in [6.45, 7) is 5.67. The van der Waals surface area contributed by atoms with E-state index in [2.05, 4.69) is 6.58 Å². The molecule has 0 aromatic heterocycles. The number of carboxylic acid groups (broad SMARTS) is 1. The molecule has 5 atom stereocenters. The van der Waals surface area contributed by atoms with Crippen LogP contribution < -0.4 is 0 Å². The van der Waals surface area contributed by atoms with E-state index < -0.39 is 36.5 Å². The highest BCUT2D eigenvalue weighted by Gasteiger charge is 2.49. The van der Waals surface area contributed by atoms with E-state index >= 15 is 0 Å². The molecule has 1 aliphatic heterocycles. The Hall–Kier alpha value is -4.64. The fourth-order valence-electron chi connectivity index (χ4n) is 6.66. The summed E-state index contributed by atoms with van der Waals surface area (Å²) in [4.78, 5) is 12.0. The van der Waals surface area contributed by atoms with Crippen LogP contribution in [0.4, 0.5) is 0 Å². The maximum absolute atomic E-state index is 12.0. The summed E-state index contributed by atoms with van der Waals surface area (Å²) in [5, 5.41) is 10.2. The van der Waals surface area contributed by atoms with Crippen LogP contribution in [0, 0.1) is 0 Å². The average molecular weight is 763 g/mol. The molecule has 1 saturated heterocycles. The third-order valence-corrected chi connectivity index (χ3v) is 9.68. The Kier molecular flexibility index (Phi) is 15.2. The van der Waals surface area contributed by atoms with E-state index in [1.807, 2.05) is 121 Å². The van der Waals surface area contributed by atoms with Gasteiger partial charge in [-0.1, -0.05) is 145 Å². The third-order valence-electron chi connectivity index (χ3n) is 9.33. The maximum Gasteiger partial charge on any atom is 0.307 e. The molecule has 6 rings (SSSR count). The first-order valence-corrected chi connectivity index (χ1v) is 18.8. The van der Waals surface area contributed by atoms with Crippen LogP contribution in [0.5, 0.6) is 0 Å². The summed E-state index contributed by atoms with van der Waals surface area (Å²) >= 11 is 6.72. The van der Waals surface area contributed by atoms with Crippen LogP contribution in [-0.2, 0) is 72.7 Å². The average Bonchev–Trinajstić information content (AvgIpc) is 3.21. The van der Waals surface area contributed by atoms with Crippen molar-refractivity contribution in [3.63, 3.8) is 0 Å². The zero-order chi connectivity index (χ0) is 38.2. The molecule has 5 aromatic carbocycles. The van der Waals surface area contributed by atoms with Crippen molar-refractivity contribution in [2.75, 3.05) is 13.2 Å². The molecule has 0 bridgehead atoms. The van der Waals surface area contributed by atoms with E-state index in [0.717, 1.165) is 27.8 Å². The molecule has 1 aliphatic rings. The predicted octanol–water partition coefficient (Wildman–Crippen LogP) is 9.08. The van der Waals surface area contributed by atoms with Gasteiger partial charge in [-0.05, 0) is 45.0 Å². The number of halogens is 1. The molecule has 0 spiro atoms. The Morgan fingerprint density at radius 3 is 1.64 bits per heavy atom. The Morgan fingerprint density at radius 2 is 1.13 bits per heavy atom. The van der Waals surface area contributed by atoms with E-state index in [-0.39, 0.29) is 32.8 Å². The lowest BCUT2D eigenvalue weighted by atomic mass is 9.87. The quantitative estimate of drug-likeness (QED) is 0.0621. The molecule has 8 nitrogen and oxygen atoms in total. The summed E-state index contributed by atoms with van der Waals surface area (Å²) in [5.74, 6) is -1.00. The smallest absolute Gasteiger partial charge is 0.307 e. The van der Waals surface area contributed by atoms with Crippen molar-refractivity contribution in [3.8, 4) is 0 Å². The molecular weight excluding hydrogens is 716 g/mol. The minimum atomic E-state index is -1.00. The van der Waals surface area contributed by atoms with E-state index in [1.165, 1.54) is 0 Å². The topological polar surface area (TPSA) is 92.7 Å². The van der Waals surface area contributed by atoms with Crippen molar-refractivity contribution in [2.45, 2.75) is 70.0 Å². The molecule has 0 unspecified atom stereocenters. The summed E-state index contributed by atoms with van der Waals surface area (Å²) in [6.07, 6.45) is -2.03. The normalized spacial score (nSPS) is 19.5. The van der Waals surface area contributed by atoms with Gasteiger partial charge in [0.15, 0.2) is 0 Å². The van der Waals surface area contributed by atoms with Crippen molar-refractivity contribution >= 4 is 17.6 Å². The molecule has 1 fully saturated rings. The number of ether oxygens (including phenoxy) is 6. The lowest BCUT2D eigenvalue weighted by molar-refractivity contribution is -0.275. The minimum absolute atomic E-state index is 0.179. The van der Waals surface area contributed by atoms with Crippen LogP contribution >= 0.6 is 11.6 Å². The van der Waals surface area contributed by atoms with Gasteiger partial charge in [0.1, 0.15) is 30.5 Å². The lowest BCUT2D eigenvalue weighted by Gasteiger charge is -2.47. The summed E-state index contributed by atoms with van der Waals surface area (Å²) in [6, 6.07) is 43.3. The van der Waals surface area contributed by atoms with Gasteiger partial charge >= 0.3 is 5.97 Å². The van der Waals surface area contributed by atoms with Gasteiger partial charge in [-0.3, -0.25) is 4.79 Å². The summed E-state index contributed by atoms with van der Waals surface area (Å²) in [7, 11) is 0. The van der Waals surface area contributed by atoms with Crippen LogP contribution in [0.25, 0.3) is 0 Å². The molecule has 1 heterocycles. The summed E-state index contributed by atoms with van der Waals surface area (Å²) < 4.78 is 40.1. The van der Waals surface area contributed by atoms with Crippen molar-refractivity contribution in [2.24, 2.45) is 0 Å². The van der Waals surface area contributed by atoms with Crippen LogP contribution in [-0.4, -0.2) is 48.7 Å². The number of aliphatic carboxylic acids is 1. The number of benzene rings is 5. The lowest BCUT2D eigenvalue weighted by Crippen LogP contribution is -2.58. The first-order valence-electron chi connectivity index (χ1n) is 18.4. The Balaban J connectivity index is 1.44. The maximum atomic E-state index is 12.0. The van der Waals surface area contributed by atoms with Gasteiger partial charge in [0, 0.05) is 5.02 Å². The predicted molar refractivity (Wildman–Crippen MR) is 211 cm³/mol. The van der Waals surface area contributed by atoms with Crippen molar-refractivity contribution < 1.29 is 38.3 Å². The van der Waals surface area contributed by atoms with Crippen LogP contribution in [0.3, 0.4) is 0 Å². The molecule has 5 aromatic rings. The molecule has 0 radical (unpaired) electrons.